The van der Waals surface area contributed by atoms with Crippen molar-refractivity contribution in [1.29, 1.82) is 0 Å². The van der Waals surface area contributed by atoms with Crippen LogP contribution in [0, 0.1) is 6.92 Å². The standard InChI is InChI=1S/C29H33N7O4/c1-19-16-27(31-20-6-8-21(38-3)9-7-20)32-29(30-19)36-14-12-35(13-15-36)28(37)25-18-24(33-34(25)2)23-17-22(39-4)10-11-26(23)40-5/h6-11,16-18H,12-15H2,1-5H3,(H,30,31,32). The second kappa shape index (κ2) is 11.5. The molecule has 4 aromatic rings. The molecule has 11 nitrogen and oxygen atoms in total. The van der Waals surface area contributed by atoms with E-state index in [1.807, 2.05) is 60.4 Å². The van der Waals surface area contributed by atoms with E-state index in [1.165, 1.54) is 0 Å². The van der Waals surface area contributed by atoms with Crippen molar-refractivity contribution < 1.29 is 19.0 Å². The first-order chi connectivity index (χ1) is 19.4. The van der Waals surface area contributed by atoms with Crippen LogP contribution < -0.4 is 24.4 Å². The van der Waals surface area contributed by atoms with E-state index in [-0.39, 0.29) is 5.91 Å². The van der Waals surface area contributed by atoms with Gasteiger partial charge in [-0.2, -0.15) is 10.1 Å². The van der Waals surface area contributed by atoms with E-state index in [1.54, 1.807) is 39.1 Å². The molecule has 2 aromatic carbocycles. The number of carbonyl (C=O) groups is 1. The van der Waals surface area contributed by atoms with Crippen LogP contribution in [0.15, 0.2) is 54.6 Å². The summed E-state index contributed by atoms with van der Waals surface area (Å²) in [5.41, 5.74) is 3.67. The van der Waals surface area contributed by atoms with Crippen molar-refractivity contribution in [3.05, 3.63) is 66.0 Å². The number of hydrogen-bond donors (Lipinski definition) is 1. The van der Waals surface area contributed by atoms with Crippen LogP contribution >= 0.6 is 0 Å². The summed E-state index contributed by atoms with van der Waals surface area (Å²) in [5.74, 6) is 3.41. The predicted molar refractivity (Wildman–Crippen MR) is 153 cm³/mol. The maximum Gasteiger partial charge on any atom is 0.272 e. The number of benzene rings is 2. The van der Waals surface area contributed by atoms with Gasteiger partial charge in [0.15, 0.2) is 0 Å². The number of aromatic nitrogens is 4. The topological polar surface area (TPSA) is 107 Å². The summed E-state index contributed by atoms with van der Waals surface area (Å²) < 4.78 is 17.7. The van der Waals surface area contributed by atoms with Crippen LogP contribution in [0.1, 0.15) is 16.2 Å². The zero-order valence-electron chi connectivity index (χ0n) is 23.3. The molecule has 1 amide bonds. The fourth-order valence-electron chi connectivity index (χ4n) is 4.67. The van der Waals surface area contributed by atoms with E-state index in [9.17, 15) is 4.79 Å². The Labute approximate surface area is 233 Å². The minimum absolute atomic E-state index is 0.0743. The fraction of sp³-hybridized carbons (Fsp3) is 0.310. The van der Waals surface area contributed by atoms with Crippen LogP contribution in [-0.2, 0) is 7.05 Å². The minimum Gasteiger partial charge on any atom is -0.497 e. The van der Waals surface area contributed by atoms with Crippen LogP contribution in [0.5, 0.6) is 17.2 Å². The lowest BCUT2D eigenvalue weighted by Crippen LogP contribution is -2.49. The van der Waals surface area contributed by atoms with Crippen LogP contribution in [-0.4, -0.2) is 78.1 Å². The van der Waals surface area contributed by atoms with Gasteiger partial charge in [-0.3, -0.25) is 9.48 Å². The molecule has 0 aliphatic carbocycles. The van der Waals surface area contributed by atoms with E-state index in [4.69, 9.17) is 19.2 Å². The number of rotatable bonds is 8. The number of hydrogen-bond acceptors (Lipinski definition) is 9. The summed E-state index contributed by atoms with van der Waals surface area (Å²) in [6, 6.07) is 16.9. The first-order valence-corrected chi connectivity index (χ1v) is 13.0. The highest BCUT2D eigenvalue weighted by Crippen LogP contribution is 2.33. The number of anilines is 3. The largest absolute Gasteiger partial charge is 0.497 e. The molecule has 0 bridgehead atoms. The van der Waals surface area contributed by atoms with Crippen molar-refractivity contribution in [2.45, 2.75) is 6.92 Å². The third kappa shape index (κ3) is 5.63. The predicted octanol–water partition coefficient (Wildman–Crippen LogP) is 3.92. The number of aryl methyl sites for hydroxylation is 2. The Kier molecular flexibility index (Phi) is 7.72. The van der Waals surface area contributed by atoms with E-state index in [0.717, 1.165) is 22.7 Å². The van der Waals surface area contributed by atoms with Gasteiger partial charge in [0.25, 0.3) is 5.91 Å². The smallest absolute Gasteiger partial charge is 0.272 e. The molecule has 1 N–H and O–H groups in total. The Morgan fingerprint density at radius 1 is 0.850 bits per heavy atom. The van der Waals surface area contributed by atoms with Gasteiger partial charge in [0.2, 0.25) is 5.95 Å². The molecular weight excluding hydrogens is 510 g/mol. The molecule has 1 fully saturated rings. The molecule has 208 valence electrons. The number of amides is 1. The highest BCUT2D eigenvalue weighted by atomic mass is 16.5. The van der Waals surface area contributed by atoms with Gasteiger partial charge in [-0.1, -0.05) is 0 Å². The summed E-state index contributed by atoms with van der Waals surface area (Å²) in [7, 11) is 6.63. The van der Waals surface area contributed by atoms with Gasteiger partial charge >= 0.3 is 0 Å². The molecule has 11 heteroatoms. The molecule has 3 heterocycles. The van der Waals surface area contributed by atoms with Gasteiger partial charge in [0.05, 0.1) is 27.0 Å². The number of piperazine rings is 1. The second-order valence-electron chi connectivity index (χ2n) is 9.43. The van der Waals surface area contributed by atoms with Crippen LogP contribution in [0.2, 0.25) is 0 Å². The van der Waals surface area contributed by atoms with E-state index in [2.05, 4.69) is 20.3 Å². The molecular formula is C29H33N7O4. The van der Waals surface area contributed by atoms with Crippen LogP contribution in [0.3, 0.4) is 0 Å². The number of ether oxygens (including phenoxy) is 3. The maximum absolute atomic E-state index is 13.5. The Balaban J connectivity index is 1.27. The van der Waals surface area contributed by atoms with Gasteiger partial charge in [-0.05, 0) is 55.5 Å². The SMILES string of the molecule is COc1ccc(Nc2cc(C)nc(N3CCN(C(=O)c4cc(-c5cc(OC)ccc5OC)nn4C)CC3)n2)cc1. The average molecular weight is 544 g/mol. The highest BCUT2D eigenvalue weighted by molar-refractivity contribution is 5.94. The van der Waals surface area contributed by atoms with Gasteiger partial charge in [0.1, 0.15) is 28.8 Å². The lowest BCUT2D eigenvalue weighted by molar-refractivity contribution is 0.0735. The zero-order valence-corrected chi connectivity index (χ0v) is 23.3. The summed E-state index contributed by atoms with van der Waals surface area (Å²) in [6.45, 7) is 4.26. The summed E-state index contributed by atoms with van der Waals surface area (Å²) in [4.78, 5) is 26.8. The molecule has 0 atom stereocenters. The third-order valence-electron chi connectivity index (χ3n) is 6.84. The van der Waals surface area contributed by atoms with Gasteiger partial charge in [-0.25, -0.2) is 4.98 Å². The van der Waals surface area contributed by atoms with Crippen molar-refractivity contribution in [2.75, 3.05) is 57.7 Å². The van der Waals surface area contributed by atoms with Crippen molar-refractivity contribution in [3.8, 4) is 28.5 Å². The molecule has 2 aromatic heterocycles. The van der Waals surface area contributed by atoms with Crippen molar-refractivity contribution >= 4 is 23.4 Å². The number of carbonyl (C=O) groups excluding carboxylic acids is 1. The first kappa shape index (κ1) is 26.8. The summed E-state index contributed by atoms with van der Waals surface area (Å²) >= 11 is 0. The summed E-state index contributed by atoms with van der Waals surface area (Å²) in [5, 5.41) is 7.93. The van der Waals surface area contributed by atoms with Crippen LogP contribution in [0.4, 0.5) is 17.5 Å². The molecule has 40 heavy (non-hydrogen) atoms. The van der Waals surface area contributed by atoms with E-state index < -0.39 is 0 Å². The van der Waals surface area contributed by atoms with Gasteiger partial charge < -0.3 is 29.3 Å². The Bertz CT molecular complexity index is 1500. The Morgan fingerprint density at radius 3 is 2.23 bits per heavy atom. The molecule has 0 saturated carbocycles. The number of nitrogens with zero attached hydrogens (tertiary/aromatic N) is 6. The van der Waals surface area contributed by atoms with Crippen LogP contribution in [0.25, 0.3) is 11.3 Å². The van der Waals surface area contributed by atoms with Gasteiger partial charge in [0, 0.05) is 56.2 Å². The van der Waals surface area contributed by atoms with Crippen molar-refractivity contribution in [2.24, 2.45) is 7.05 Å². The Morgan fingerprint density at radius 2 is 1.55 bits per heavy atom. The van der Waals surface area contributed by atoms with Crippen molar-refractivity contribution in [1.82, 2.24) is 24.6 Å². The lowest BCUT2D eigenvalue weighted by atomic mass is 10.1. The molecule has 0 radical (unpaired) electrons. The highest BCUT2D eigenvalue weighted by Gasteiger charge is 2.27. The monoisotopic (exact) mass is 543 g/mol. The second-order valence-corrected chi connectivity index (χ2v) is 9.43. The molecule has 1 aliphatic heterocycles. The zero-order chi connectivity index (χ0) is 28.2. The Hall–Kier alpha value is -4.80. The average Bonchev–Trinajstić information content (AvgIpc) is 3.37. The summed E-state index contributed by atoms with van der Waals surface area (Å²) in [6.07, 6.45) is 0. The molecule has 5 rings (SSSR count). The first-order valence-electron chi connectivity index (χ1n) is 13.0. The minimum atomic E-state index is -0.0743. The molecule has 1 saturated heterocycles. The normalized spacial score (nSPS) is 13.2. The molecule has 1 aliphatic rings. The number of nitrogens with one attached hydrogen (secondary N) is 1. The molecule has 0 spiro atoms. The van der Waals surface area contributed by atoms with E-state index >= 15 is 0 Å². The van der Waals surface area contributed by atoms with Gasteiger partial charge in [-0.15, -0.1) is 0 Å². The maximum atomic E-state index is 13.5. The lowest BCUT2D eigenvalue weighted by Gasteiger charge is -2.34. The third-order valence-corrected chi connectivity index (χ3v) is 6.84. The van der Waals surface area contributed by atoms with E-state index in [0.29, 0.717) is 60.8 Å². The fourth-order valence-corrected chi connectivity index (χ4v) is 4.67. The quantitative estimate of drug-likeness (QED) is 0.354. The number of methoxy groups -OCH3 is 3. The molecule has 0 unspecified atom stereocenters. The van der Waals surface area contributed by atoms with Crippen molar-refractivity contribution in [3.63, 3.8) is 0 Å².